The average molecular weight is 304 g/mol. The Morgan fingerprint density at radius 2 is 1.74 bits per heavy atom. The molecule has 104 valence electrons. The number of nitro groups is 1. The van der Waals surface area contributed by atoms with E-state index in [0.717, 1.165) is 0 Å². The monoisotopic (exact) mass is 303 g/mol. The molecule has 0 spiro atoms. The molecule has 0 amide bonds. The standard InChI is InChI=1S/C9H3ClF5NO3/c10-7(17)5-2-1-4(3-6(5)16(18)19)8(11,12)9(13,14)15/h1-3H. The predicted octanol–water partition coefficient (Wildman–Crippen LogP) is 3.63. The third kappa shape index (κ3) is 2.80. The number of nitro benzene ring substituents is 1. The van der Waals surface area contributed by atoms with Crippen LogP contribution in [0.5, 0.6) is 0 Å². The van der Waals surface area contributed by atoms with Crippen LogP contribution in [0.4, 0.5) is 27.6 Å². The number of benzene rings is 1. The van der Waals surface area contributed by atoms with Gasteiger partial charge in [0, 0.05) is 11.6 Å². The molecule has 0 aromatic heterocycles. The lowest BCUT2D eigenvalue weighted by atomic mass is 10.0. The van der Waals surface area contributed by atoms with Crippen molar-refractivity contribution >= 4 is 22.5 Å². The summed E-state index contributed by atoms with van der Waals surface area (Å²) in [6, 6.07) is 0.682. The summed E-state index contributed by atoms with van der Waals surface area (Å²) in [5.74, 6) is -5.27. The fraction of sp³-hybridized carbons (Fsp3) is 0.222. The molecule has 1 rings (SSSR count). The second-order valence-electron chi connectivity index (χ2n) is 3.33. The molecule has 0 unspecified atom stereocenters. The van der Waals surface area contributed by atoms with Crippen molar-refractivity contribution in [3.05, 3.63) is 39.4 Å². The summed E-state index contributed by atoms with van der Waals surface area (Å²) in [5, 5.41) is 9.18. The summed E-state index contributed by atoms with van der Waals surface area (Å²) in [4.78, 5) is 20.0. The summed E-state index contributed by atoms with van der Waals surface area (Å²) in [5.41, 5.74) is -3.64. The lowest BCUT2D eigenvalue weighted by molar-refractivity contribution is -0.385. The van der Waals surface area contributed by atoms with E-state index in [1.807, 2.05) is 0 Å². The summed E-state index contributed by atoms with van der Waals surface area (Å²) < 4.78 is 62.2. The van der Waals surface area contributed by atoms with Gasteiger partial charge in [-0.05, 0) is 17.7 Å². The zero-order valence-electron chi connectivity index (χ0n) is 8.67. The van der Waals surface area contributed by atoms with Crippen molar-refractivity contribution in [2.24, 2.45) is 0 Å². The van der Waals surface area contributed by atoms with E-state index >= 15 is 0 Å². The van der Waals surface area contributed by atoms with Crippen molar-refractivity contribution in [1.29, 1.82) is 0 Å². The topological polar surface area (TPSA) is 60.2 Å². The minimum atomic E-state index is -5.91. The molecule has 0 N–H and O–H groups in total. The summed E-state index contributed by atoms with van der Waals surface area (Å²) in [6.45, 7) is 0. The van der Waals surface area contributed by atoms with Crippen LogP contribution in [0.2, 0.25) is 0 Å². The van der Waals surface area contributed by atoms with E-state index in [2.05, 4.69) is 0 Å². The Balaban J connectivity index is 3.47. The number of rotatable bonds is 3. The highest BCUT2D eigenvalue weighted by atomic mass is 35.5. The van der Waals surface area contributed by atoms with E-state index in [4.69, 9.17) is 11.6 Å². The zero-order valence-corrected chi connectivity index (χ0v) is 9.43. The lowest BCUT2D eigenvalue weighted by Gasteiger charge is -2.19. The Hall–Kier alpha value is -1.77. The van der Waals surface area contributed by atoms with Crippen LogP contribution in [0.3, 0.4) is 0 Å². The molecule has 1 aromatic carbocycles. The van der Waals surface area contributed by atoms with Gasteiger partial charge < -0.3 is 0 Å². The maximum atomic E-state index is 13.0. The largest absolute Gasteiger partial charge is 0.458 e. The van der Waals surface area contributed by atoms with Gasteiger partial charge in [0.1, 0.15) is 5.56 Å². The molecule has 10 heteroatoms. The maximum absolute atomic E-state index is 13.0. The molecule has 0 aliphatic rings. The first-order valence-corrected chi connectivity index (χ1v) is 4.79. The second kappa shape index (κ2) is 4.72. The summed E-state index contributed by atoms with van der Waals surface area (Å²) >= 11 is 4.96. The van der Waals surface area contributed by atoms with Gasteiger partial charge in [-0.1, -0.05) is 6.07 Å². The van der Waals surface area contributed by atoms with Crippen molar-refractivity contribution in [2.75, 3.05) is 0 Å². The third-order valence-electron chi connectivity index (χ3n) is 2.12. The quantitative estimate of drug-likeness (QED) is 0.371. The minimum absolute atomic E-state index is 0.0247. The van der Waals surface area contributed by atoms with Crippen LogP contribution < -0.4 is 0 Å². The van der Waals surface area contributed by atoms with E-state index in [9.17, 15) is 36.9 Å². The summed E-state index contributed by atoms with van der Waals surface area (Å²) in [7, 11) is 0. The van der Waals surface area contributed by atoms with Crippen molar-refractivity contribution in [2.45, 2.75) is 12.1 Å². The van der Waals surface area contributed by atoms with E-state index < -0.39 is 39.1 Å². The van der Waals surface area contributed by atoms with Gasteiger partial charge in [-0.25, -0.2) is 0 Å². The highest BCUT2D eigenvalue weighted by Gasteiger charge is 2.59. The van der Waals surface area contributed by atoms with Crippen molar-refractivity contribution < 1.29 is 31.7 Å². The first kappa shape index (κ1) is 15.3. The SMILES string of the molecule is O=C(Cl)c1ccc(C(F)(F)C(F)(F)F)cc1[N+](=O)[O-]. The molecular formula is C9H3ClF5NO3. The van der Waals surface area contributed by atoms with Gasteiger partial charge in [-0.2, -0.15) is 22.0 Å². The Kier molecular flexibility index (Phi) is 3.80. The highest BCUT2D eigenvalue weighted by Crippen LogP contribution is 2.44. The molecule has 19 heavy (non-hydrogen) atoms. The maximum Gasteiger partial charge on any atom is 0.458 e. The average Bonchev–Trinajstić information content (AvgIpc) is 2.26. The molecule has 0 bridgehead atoms. The van der Waals surface area contributed by atoms with Crippen LogP contribution in [0, 0.1) is 10.1 Å². The normalized spacial score (nSPS) is 12.3. The van der Waals surface area contributed by atoms with Gasteiger partial charge >= 0.3 is 12.1 Å². The fourth-order valence-electron chi connectivity index (χ4n) is 1.21. The van der Waals surface area contributed by atoms with Gasteiger partial charge in [0.05, 0.1) is 4.92 Å². The number of alkyl halides is 5. The fourth-order valence-corrected chi connectivity index (χ4v) is 1.37. The lowest BCUT2D eigenvalue weighted by Crippen LogP contribution is -2.33. The van der Waals surface area contributed by atoms with Crippen LogP contribution in [-0.2, 0) is 5.92 Å². The van der Waals surface area contributed by atoms with Gasteiger partial charge in [0.2, 0.25) is 0 Å². The number of carbonyl (C=O) groups is 1. The first-order chi connectivity index (χ1) is 8.48. The molecule has 0 aliphatic heterocycles. The Morgan fingerprint density at radius 3 is 2.11 bits per heavy atom. The van der Waals surface area contributed by atoms with Gasteiger partial charge in [0.25, 0.3) is 10.9 Å². The van der Waals surface area contributed by atoms with Crippen LogP contribution >= 0.6 is 11.6 Å². The van der Waals surface area contributed by atoms with Gasteiger partial charge in [-0.15, -0.1) is 0 Å². The molecule has 1 aromatic rings. The Bertz CT molecular complexity index is 543. The van der Waals surface area contributed by atoms with Crippen LogP contribution in [0.15, 0.2) is 18.2 Å². The van der Waals surface area contributed by atoms with E-state index in [1.54, 1.807) is 0 Å². The van der Waals surface area contributed by atoms with Crippen molar-refractivity contribution in [3.63, 3.8) is 0 Å². The van der Waals surface area contributed by atoms with Gasteiger partial charge in [0.15, 0.2) is 0 Å². The van der Waals surface area contributed by atoms with Gasteiger partial charge in [-0.3, -0.25) is 14.9 Å². The Labute approximate surface area is 106 Å². The molecule has 0 radical (unpaired) electrons. The third-order valence-corrected chi connectivity index (χ3v) is 2.33. The van der Waals surface area contributed by atoms with Crippen LogP contribution in [-0.4, -0.2) is 16.3 Å². The predicted molar refractivity (Wildman–Crippen MR) is 53.2 cm³/mol. The van der Waals surface area contributed by atoms with Crippen LogP contribution in [0.1, 0.15) is 15.9 Å². The smallest absolute Gasteiger partial charge is 0.275 e. The molecule has 0 saturated heterocycles. The van der Waals surface area contributed by atoms with Crippen molar-refractivity contribution in [1.82, 2.24) is 0 Å². The number of carbonyl (C=O) groups excluding carboxylic acids is 1. The van der Waals surface area contributed by atoms with Crippen LogP contribution in [0.25, 0.3) is 0 Å². The minimum Gasteiger partial charge on any atom is -0.275 e. The molecule has 4 nitrogen and oxygen atoms in total. The molecule has 0 atom stereocenters. The number of halogens is 6. The van der Waals surface area contributed by atoms with E-state index in [-0.39, 0.29) is 12.1 Å². The van der Waals surface area contributed by atoms with E-state index in [0.29, 0.717) is 6.07 Å². The van der Waals surface area contributed by atoms with E-state index in [1.165, 1.54) is 0 Å². The summed E-state index contributed by atoms with van der Waals surface area (Å²) in [6.07, 6.45) is -5.91. The molecule has 0 fully saturated rings. The molecule has 0 aliphatic carbocycles. The highest BCUT2D eigenvalue weighted by molar-refractivity contribution is 6.68. The molecule has 0 saturated carbocycles. The number of hydrogen-bond acceptors (Lipinski definition) is 3. The second-order valence-corrected chi connectivity index (χ2v) is 3.68. The zero-order chi connectivity index (χ0) is 15.0. The molecule has 0 heterocycles. The number of hydrogen-bond donors (Lipinski definition) is 0. The number of nitrogens with zero attached hydrogens (tertiary/aromatic N) is 1. The van der Waals surface area contributed by atoms with Crippen molar-refractivity contribution in [3.8, 4) is 0 Å². The Morgan fingerprint density at radius 1 is 1.21 bits per heavy atom. The first-order valence-electron chi connectivity index (χ1n) is 4.41. The molecular weight excluding hydrogens is 301 g/mol.